The van der Waals surface area contributed by atoms with Gasteiger partial charge in [-0.2, -0.15) is 5.10 Å². The molecule has 1 aliphatic heterocycles. The highest BCUT2D eigenvalue weighted by molar-refractivity contribution is 5.76. The van der Waals surface area contributed by atoms with E-state index < -0.39 is 4.92 Å². The van der Waals surface area contributed by atoms with Crippen molar-refractivity contribution in [1.82, 2.24) is 14.7 Å². The van der Waals surface area contributed by atoms with Gasteiger partial charge >= 0.3 is 5.69 Å². The van der Waals surface area contributed by atoms with Crippen LogP contribution in [0.3, 0.4) is 0 Å². The zero-order valence-electron chi connectivity index (χ0n) is 12.4. The van der Waals surface area contributed by atoms with E-state index in [0.29, 0.717) is 57.1 Å². The second-order valence-corrected chi connectivity index (χ2v) is 5.10. The lowest BCUT2D eigenvalue weighted by atomic mass is 10.2. The minimum absolute atomic E-state index is 0.0644. The molecule has 1 saturated heterocycles. The predicted octanol–water partition coefficient (Wildman–Crippen LogP) is 1.05. The summed E-state index contributed by atoms with van der Waals surface area (Å²) < 4.78 is 6.82. The minimum atomic E-state index is -0.410. The maximum Gasteiger partial charge on any atom is 0.312 e. The molecule has 0 radical (unpaired) electrons. The molecule has 2 heterocycles. The molecule has 116 valence electrons. The fourth-order valence-electron chi connectivity index (χ4n) is 2.52. The van der Waals surface area contributed by atoms with E-state index in [1.807, 2.05) is 0 Å². The number of ether oxygens (including phenoxy) is 1. The van der Waals surface area contributed by atoms with Gasteiger partial charge in [-0.3, -0.25) is 19.6 Å². The molecule has 0 atom stereocenters. The molecule has 8 nitrogen and oxygen atoms in total. The van der Waals surface area contributed by atoms with Crippen molar-refractivity contribution in [3.05, 3.63) is 21.5 Å². The number of amides is 1. The molecule has 8 heteroatoms. The number of rotatable bonds is 5. The molecule has 21 heavy (non-hydrogen) atoms. The van der Waals surface area contributed by atoms with Crippen LogP contribution in [0.4, 0.5) is 5.69 Å². The van der Waals surface area contributed by atoms with Gasteiger partial charge < -0.3 is 9.64 Å². The quantitative estimate of drug-likeness (QED) is 0.598. The lowest BCUT2D eigenvalue weighted by molar-refractivity contribution is -0.386. The zero-order chi connectivity index (χ0) is 15.4. The average Bonchev–Trinajstić information content (AvgIpc) is 2.74. The Morgan fingerprint density at radius 1 is 1.38 bits per heavy atom. The summed E-state index contributed by atoms with van der Waals surface area (Å²) in [4.78, 5) is 24.3. The van der Waals surface area contributed by atoms with Crippen LogP contribution in [-0.4, -0.2) is 51.8 Å². The number of aryl methyl sites for hydroxylation is 2. The normalized spacial score (nSPS) is 15.2. The van der Waals surface area contributed by atoms with E-state index in [-0.39, 0.29) is 11.6 Å². The van der Waals surface area contributed by atoms with Crippen LogP contribution < -0.4 is 0 Å². The molecule has 1 fully saturated rings. The largest absolute Gasteiger partial charge is 0.378 e. The van der Waals surface area contributed by atoms with Gasteiger partial charge in [-0.25, -0.2) is 0 Å². The van der Waals surface area contributed by atoms with Crippen LogP contribution in [-0.2, 0) is 16.1 Å². The second kappa shape index (κ2) is 6.66. The van der Waals surface area contributed by atoms with Crippen molar-refractivity contribution >= 4 is 11.6 Å². The topological polar surface area (TPSA) is 90.5 Å². The molecule has 2 rings (SSSR count). The van der Waals surface area contributed by atoms with E-state index in [1.54, 1.807) is 23.4 Å². The van der Waals surface area contributed by atoms with Crippen molar-refractivity contribution in [3.63, 3.8) is 0 Å². The first kappa shape index (κ1) is 15.4. The van der Waals surface area contributed by atoms with E-state index in [0.717, 1.165) is 0 Å². The number of nitrogens with zero attached hydrogens (tertiary/aromatic N) is 4. The molecule has 0 N–H and O–H groups in total. The number of hydrogen-bond donors (Lipinski definition) is 0. The summed E-state index contributed by atoms with van der Waals surface area (Å²) in [7, 11) is 0. The summed E-state index contributed by atoms with van der Waals surface area (Å²) in [6, 6.07) is 0. The van der Waals surface area contributed by atoms with Gasteiger partial charge in [-0.1, -0.05) is 0 Å². The van der Waals surface area contributed by atoms with Crippen LogP contribution in [0.15, 0.2) is 0 Å². The average molecular weight is 296 g/mol. The lowest BCUT2D eigenvalue weighted by Crippen LogP contribution is -2.40. The van der Waals surface area contributed by atoms with Gasteiger partial charge in [0, 0.05) is 26.1 Å². The van der Waals surface area contributed by atoms with Crippen molar-refractivity contribution in [2.45, 2.75) is 33.2 Å². The van der Waals surface area contributed by atoms with E-state index in [4.69, 9.17) is 4.74 Å². The molecule has 1 amide bonds. The fraction of sp³-hybridized carbons (Fsp3) is 0.692. The molecule has 0 saturated carbocycles. The summed E-state index contributed by atoms with van der Waals surface area (Å²) in [5.74, 6) is 0.106. The number of nitro groups is 1. The molecule has 1 aliphatic rings. The Morgan fingerprint density at radius 3 is 2.62 bits per heavy atom. The highest BCUT2D eigenvalue weighted by atomic mass is 16.6. The minimum Gasteiger partial charge on any atom is -0.378 e. The number of carbonyl (C=O) groups is 1. The summed E-state index contributed by atoms with van der Waals surface area (Å²) in [5, 5.41) is 15.1. The molecule has 0 bridgehead atoms. The van der Waals surface area contributed by atoms with Gasteiger partial charge in [0.25, 0.3) is 0 Å². The van der Waals surface area contributed by atoms with Crippen molar-refractivity contribution in [3.8, 4) is 0 Å². The molecular formula is C13H20N4O4. The first-order valence-corrected chi connectivity index (χ1v) is 7.04. The number of aromatic nitrogens is 2. The van der Waals surface area contributed by atoms with Crippen molar-refractivity contribution in [2.75, 3.05) is 26.3 Å². The molecule has 0 aromatic carbocycles. The van der Waals surface area contributed by atoms with Gasteiger partial charge in [0.15, 0.2) is 0 Å². The molecule has 1 aromatic rings. The Bertz CT molecular complexity index is 535. The van der Waals surface area contributed by atoms with Crippen molar-refractivity contribution < 1.29 is 14.5 Å². The Balaban J connectivity index is 1.87. The number of morpholine rings is 1. The summed E-state index contributed by atoms with van der Waals surface area (Å²) in [6.07, 6.45) is 1.04. The van der Waals surface area contributed by atoms with Gasteiger partial charge in [-0.05, 0) is 20.3 Å². The number of hydrogen-bond acceptors (Lipinski definition) is 5. The van der Waals surface area contributed by atoms with E-state index in [2.05, 4.69) is 5.10 Å². The van der Waals surface area contributed by atoms with E-state index in [9.17, 15) is 14.9 Å². The SMILES string of the molecule is Cc1nn(CCCC(=O)N2CCOCC2)c(C)c1[N+](=O)[O-]. The van der Waals surface area contributed by atoms with Gasteiger partial charge in [-0.15, -0.1) is 0 Å². The monoisotopic (exact) mass is 296 g/mol. The highest BCUT2D eigenvalue weighted by Gasteiger charge is 2.22. The van der Waals surface area contributed by atoms with E-state index in [1.165, 1.54) is 0 Å². The Morgan fingerprint density at radius 2 is 2.05 bits per heavy atom. The van der Waals surface area contributed by atoms with Crippen LogP contribution in [0, 0.1) is 24.0 Å². The summed E-state index contributed by atoms with van der Waals surface area (Å²) >= 11 is 0. The molecule has 1 aromatic heterocycles. The van der Waals surface area contributed by atoms with Crippen molar-refractivity contribution in [1.29, 1.82) is 0 Å². The molecule has 0 aliphatic carbocycles. The van der Waals surface area contributed by atoms with E-state index >= 15 is 0 Å². The van der Waals surface area contributed by atoms with Crippen LogP contribution >= 0.6 is 0 Å². The van der Waals surface area contributed by atoms with Crippen LogP contribution in [0.2, 0.25) is 0 Å². The van der Waals surface area contributed by atoms with Gasteiger partial charge in [0.05, 0.1) is 18.1 Å². The summed E-state index contributed by atoms with van der Waals surface area (Å²) in [5.41, 5.74) is 1.02. The highest BCUT2D eigenvalue weighted by Crippen LogP contribution is 2.22. The first-order valence-electron chi connectivity index (χ1n) is 7.04. The van der Waals surface area contributed by atoms with Gasteiger partial charge in [0.1, 0.15) is 11.4 Å². The second-order valence-electron chi connectivity index (χ2n) is 5.10. The summed E-state index contributed by atoms with van der Waals surface area (Å²) in [6.45, 7) is 6.29. The molecule has 0 unspecified atom stereocenters. The Hall–Kier alpha value is -1.96. The first-order chi connectivity index (χ1) is 10.0. The third-order valence-electron chi connectivity index (χ3n) is 3.65. The Labute approximate surface area is 122 Å². The maximum absolute atomic E-state index is 12.0. The zero-order valence-corrected chi connectivity index (χ0v) is 12.4. The number of carbonyl (C=O) groups excluding carboxylic acids is 1. The third kappa shape index (κ3) is 3.57. The standard InChI is InChI=1S/C13H20N4O4/c1-10-13(17(19)20)11(2)16(14-10)5-3-4-12(18)15-6-8-21-9-7-15/h3-9H2,1-2H3. The van der Waals surface area contributed by atoms with Crippen LogP contribution in [0.5, 0.6) is 0 Å². The van der Waals surface area contributed by atoms with Crippen LogP contribution in [0.1, 0.15) is 24.2 Å². The molecule has 0 spiro atoms. The maximum atomic E-state index is 12.0. The lowest BCUT2D eigenvalue weighted by Gasteiger charge is -2.26. The third-order valence-corrected chi connectivity index (χ3v) is 3.65. The fourth-order valence-corrected chi connectivity index (χ4v) is 2.52. The molecular weight excluding hydrogens is 276 g/mol. The van der Waals surface area contributed by atoms with Crippen LogP contribution in [0.25, 0.3) is 0 Å². The smallest absolute Gasteiger partial charge is 0.312 e. The van der Waals surface area contributed by atoms with Gasteiger partial charge in [0.2, 0.25) is 5.91 Å². The Kier molecular flexibility index (Phi) is 4.89. The predicted molar refractivity (Wildman–Crippen MR) is 75.0 cm³/mol. The van der Waals surface area contributed by atoms with Crippen molar-refractivity contribution in [2.24, 2.45) is 0 Å².